The van der Waals surface area contributed by atoms with Crippen molar-refractivity contribution in [3.8, 4) is 22.3 Å². The van der Waals surface area contributed by atoms with Crippen LogP contribution in [-0.4, -0.2) is 0 Å². The predicted molar refractivity (Wildman–Crippen MR) is 164 cm³/mol. The van der Waals surface area contributed by atoms with Crippen molar-refractivity contribution in [1.82, 2.24) is 0 Å². The first-order valence-electron chi connectivity index (χ1n) is 13.3. The second kappa shape index (κ2) is 8.19. The quantitative estimate of drug-likeness (QED) is 0.214. The molecule has 0 aromatic heterocycles. The Hall–Kier alpha value is -3.62. The molecule has 0 saturated heterocycles. The third-order valence-corrected chi connectivity index (χ3v) is 9.41. The molecular weight excluding hydrogens is 526 g/mol. The maximum atomic E-state index is 3.87. The van der Waals surface area contributed by atoms with Crippen molar-refractivity contribution >= 4 is 33.0 Å². The van der Waals surface area contributed by atoms with E-state index in [1.54, 1.807) is 0 Å². The normalized spacial score (nSPS) is 15.4. The highest BCUT2D eigenvalue weighted by Gasteiger charge is 2.37. The Bertz CT molecular complexity index is 1640. The molecule has 5 aromatic rings. The average Bonchev–Trinajstić information content (AvgIpc) is 3.30. The highest BCUT2D eigenvalue weighted by atomic mass is 79.9. The fourth-order valence-electron chi connectivity index (χ4n) is 6.72. The summed E-state index contributed by atoms with van der Waals surface area (Å²) in [4.78, 5) is 2.41. The third-order valence-electron chi connectivity index (χ3n) is 8.74. The molecule has 0 N–H and O–H groups in total. The van der Waals surface area contributed by atoms with Crippen LogP contribution in [0.3, 0.4) is 0 Å². The zero-order valence-electron chi connectivity index (χ0n) is 22.2. The lowest BCUT2D eigenvalue weighted by molar-refractivity contribution is 0.660. The molecule has 186 valence electrons. The predicted octanol–water partition coefficient (Wildman–Crippen LogP) is 10.5. The first-order valence-corrected chi connectivity index (χ1v) is 14.1. The second-order valence-electron chi connectivity index (χ2n) is 11.6. The van der Waals surface area contributed by atoms with Crippen LogP contribution in [0.4, 0.5) is 17.1 Å². The number of para-hydroxylation sites is 1. The van der Waals surface area contributed by atoms with E-state index in [4.69, 9.17) is 0 Å². The average molecular weight is 557 g/mol. The lowest BCUT2D eigenvalue weighted by atomic mass is 9.82. The molecular formula is C36H30BrN. The Labute approximate surface area is 233 Å². The number of hydrogen-bond donors (Lipinski definition) is 0. The zero-order chi connectivity index (χ0) is 26.2. The Morgan fingerprint density at radius 1 is 0.474 bits per heavy atom. The van der Waals surface area contributed by atoms with E-state index in [1.807, 2.05) is 0 Å². The van der Waals surface area contributed by atoms with Gasteiger partial charge in [0.1, 0.15) is 0 Å². The molecule has 0 atom stereocenters. The summed E-state index contributed by atoms with van der Waals surface area (Å²) < 4.78 is 1.08. The molecule has 2 aliphatic carbocycles. The zero-order valence-corrected chi connectivity index (χ0v) is 23.8. The van der Waals surface area contributed by atoms with Gasteiger partial charge in [0, 0.05) is 26.7 Å². The number of halogens is 1. The molecule has 0 radical (unpaired) electrons. The highest BCUT2D eigenvalue weighted by Crippen LogP contribution is 2.53. The van der Waals surface area contributed by atoms with E-state index >= 15 is 0 Å². The molecule has 0 unspecified atom stereocenters. The van der Waals surface area contributed by atoms with Gasteiger partial charge in [-0.15, -0.1) is 0 Å². The van der Waals surface area contributed by atoms with Crippen molar-refractivity contribution in [1.29, 1.82) is 0 Å². The van der Waals surface area contributed by atoms with E-state index in [0.717, 1.165) is 10.2 Å². The van der Waals surface area contributed by atoms with Crippen molar-refractivity contribution in [2.75, 3.05) is 4.90 Å². The molecule has 5 aromatic carbocycles. The Kier molecular flexibility index (Phi) is 5.06. The highest BCUT2D eigenvalue weighted by molar-refractivity contribution is 9.10. The van der Waals surface area contributed by atoms with Gasteiger partial charge in [0.2, 0.25) is 0 Å². The monoisotopic (exact) mass is 555 g/mol. The smallest absolute Gasteiger partial charge is 0.0603 e. The minimum absolute atomic E-state index is 0.0525. The molecule has 0 saturated carbocycles. The van der Waals surface area contributed by atoms with Crippen LogP contribution in [0.15, 0.2) is 114 Å². The molecule has 2 heteroatoms. The fourth-order valence-corrected chi connectivity index (χ4v) is 7.19. The topological polar surface area (TPSA) is 3.24 Å². The Morgan fingerprint density at radius 3 is 1.39 bits per heavy atom. The van der Waals surface area contributed by atoms with Crippen LogP contribution in [-0.2, 0) is 10.8 Å². The summed E-state index contributed by atoms with van der Waals surface area (Å²) in [5.74, 6) is 0. The minimum atomic E-state index is -0.0525. The number of rotatable bonds is 3. The van der Waals surface area contributed by atoms with Crippen molar-refractivity contribution in [2.24, 2.45) is 0 Å². The van der Waals surface area contributed by atoms with E-state index in [2.05, 4.69) is 158 Å². The van der Waals surface area contributed by atoms with E-state index in [-0.39, 0.29) is 10.8 Å². The molecule has 0 heterocycles. The lowest BCUT2D eigenvalue weighted by Crippen LogP contribution is -2.18. The van der Waals surface area contributed by atoms with Gasteiger partial charge in [-0.05, 0) is 96.8 Å². The van der Waals surface area contributed by atoms with Gasteiger partial charge in [0.25, 0.3) is 0 Å². The minimum Gasteiger partial charge on any atom is -0.309 e. The van der Waals surface area contributed by atoms with Gasteiger partial charge in [0.15, 0.2) is 0 Å². The molecule has 0 bridgehead atoms. The number of nitrogens with zero attached hydrogens (tertiary/aromatic N) is 1. The summed E-state index contributed by atoms with van der Waals surface area (Å²) in [6.07, 6.45) is 0. The first kappa shape index (κ1) is 23.5. The van der Waals surface area contributed by atoms with Gasteiger partial charge in [-0.25, -0.2) is 0 Å². The van der Waals surface area contributed by atoms with Gasteiger partial charge in [0.05, 0.1) is 5.69 Å². The summed E-state index contributed by atoms with van der Waals surface area (Å²) in [6.45, 7) is 9.39. The number of hydrogen-bond acceptors (Lipinski definition) is 1. The van der Waals surface area contributed by atoms with Crippen LogP contribution in [0.25, 0.3) is 22.3 Å². The molecule has 38 heavy (non-hydrogen) atoms. The largest absolute Gasteiger partial charge is 0.309 e. The van der Waals surface area contributed by atoms with Crippen LogP contribution >= 0.6 is 15.9 Å². The number of fused-ring (bicyclic) bond motifs is 6. The second-order valence-corrected chi connectivity index (χ2v) is 12.4. The lowest BCUT2D eigenvalue weighted by Gasteiger charge is -2.30. The first-order chi connectivity index (χ1) is 18.3. The summed E-state index contributed by atoms with van der Waals surface area (Å²) >= 11 is 3.87. The SMILES string of the molecule is CC1(C)c2ccccc2-c2ccc(N(c3ccc4c(c3)C(C)(C)c3ccccc3-4)c3ccccc3Br)cc21. The molecule has 1 nitrogen and oxygen atoms in total. The van der Waals surface area contributed by atoms with Crippen molar-refractivity contribution < 1.29 is 0 Å². The number of benzene rings is 5. The van der Waals surface area contributed by atoms with Crippen molar-refractivity contribution in [2.45, 2.75) is 38.5 Å². The number of anilines is 3. The van der Waals surface area contributed by atoms with E-state index in [9.17, 15) is 0 Å². The molecule has 0 aliphatic heterocycles. The Balaban J connectivity index is 1.43. The van der Waals surface area contributed by atoms with Crippen LogP contribution in [0.2, 0.25) is 0 Å². The van der Waals surface area contributed by atoms with Gasteiger partial charge < -0.3 is 4.90 Å². The maximum absolute atomic E-state index is 3.87. The Morgan fingerprint density at radius 2 is 0.895 bits per heavy atom. The van der Waals surface area contributed by atoms with Crippen LogP contribution in [0.5, 0.6) is 0 Å². The summed E-state index contributed by atoms with van der Waals surface area (Å²) in [5, 5.41) is 0. The van der Waals surface area contributed by atoms with Gasteiger partial charge in [-0.3, -0.25) is 0 Å². The van der Waals surface area contributed by atoms with Crippen molar-refractivity contribution in [3.63, 3.8) is 0 Å². The van der Waals surface area contributed by atoms with Gasteiger partial charge >= 0.3 is 0 Å². The van der Waals surface area contributed by atoms with Crippen LogP contribution < -0.4 is 4.90 Å². The molecule has 7 rings (SSSR count). The van der Waals surface area contributed by atoms with Gasteiger partial charge in [-0.1, -0.05) is 100 Å². The maximum Gasteiger partial charge on any atom is 0.0603 e. The third kappa shape index (κ3) is 3.23. The van der Waals surface area contributed by atoms with Crippen LogP contribution in [0, 0.1) is 0 Å². The van der Waals surface area contributed by atoms with Gasteiger partial charge in [-0.2, -0.15) is 0 Å². The fraction of sp³-hybridized carbons (Fsp3) is 0.167. The van der Waals surface area contributed by atoms with E-state index < -0.39 is 0 Å². The van der Waals surface area contributed by atoms with Crippen LogP contribution in [0.1, 0.15) is 49.9 Å². The van der Waals surface area contributed by atoms with Crippen molar-refractivity contribution in [3.05, 3.63) is 136 Å². The summed E-state index contributed by atoms with van der Waals surface area (Å²) in [7, 11) is 0. The molecule has 0 amide bonds. The molecule has 0 fully saturated rings. The summed E-state index contributed by atoms with van der Waals surface area (Å²) in [5.41, 5.74) is 14.3. The summed E-state index contributed by atoms with van der Waals surface area (Å²) in [6, 6.07) is 40.2. The standard InChI is InChI=1S/C36H30BrN/c1-35(2)29-13-7-5-11-25(29)27-19-17-23(21-31(27)35)38(34-16-10-9-15-33(34)37)24-18-20-28-26-12-6-8-14-30(26)36(3,4)32(28)22-24/h5-22H,1-4H3. The molecule has 0 spiro atoms. The van der Waals surface area contributed by atoms with E-state index in [0.29, 0.717) is 0 Å². The van der Waals surface area contributed by atoms with E-state index in [1.165, 1.54) is 55.9 Å². The molecule has 2 aliphatic rings.